The van der Waals surface area contributed by atoms with Crippen LogP contribution in [0.3, 0.4) is 0 Å². The van der Waals surface area contributed by atoms with Crippen LogP contribution in [0.1, 0.15) is 187 Å². The van der Waals surface area contributed by atoms with Gasteiger partial charge in [-0.15, -0.1) is 0 Å². The number of hydrogen-bond donors (Lipinski definition) is 17. The van der Waals surface area contributed by atoms with Crippen molar-refractivity contribution in [2.45, 2.75) is 237 Å². The van der Waals surface area contributed by atoms with Crippen molar-refractivity contribution in [2.24, 2.45) is 28.9 Å². The first-order chi connectivity index (χ1) is 46.7. The molecular formula is C69H114N18O11. The molecule has 2 aromatic carbocycles. The second-order valence-corrected chi connectivity index (χ2v) is 26.3. The van der Waals surface area contributed by atoms with E-state index in [2.05, 4.69) is 65.4 Å². The van der Waals surface area contributed by atoms with E-state index in [9.17, 15) is 52.7 Å². The van der Waals surface area contributed by atoms with Gasteiger partial charge in [-0.25, -0.2) is 0 Å². The summed E-state index contributed by atoms with van der Waals surface area (Å²) in [4.78, 5) is 152. The van der Waals surface area contributed by atoms with Crippen LogP contribution in [0.4, 0.5) is 0 Å². The van der Waals surface area contributed by atoms with Gasteiger partial charge < -0.3 is 81.0 Å². The van der Waals surface area contributed by atoms with E-state index in [0.29, 0.717) is 24.1 Å². The summed E-state index contributed by atoms with van der Waals surface area (Å²) >= 11 is 0. The van der Waals surface area contributed by atoms with E-state index in [1.807, 2.05) is 13.8 Å². The second-order valence-electron chi connectivity index (χ2n) is 26.3. The lowest BCUT2D eigenvalue weighted by atomic mass is 9.98. The summed E-state index contributed by atoms with van der Waals surface area (Å²) in [5, 5.41) is 45.1. The van der Waals surface area contributed by atoms with Crippen molar-refractivity contribution in [3.05, 3.63) is 71.8 Å². The van der Waals surface area contributed by atoms with Crippen molar-refractivity contribution in [3.8, 4) is 0 Å². The fourth-order valence-corrected chi connectivity index (χ4v) is 11.4. The summed E-state index contributed by atoms with van der Waals surface area (Å²) in [5.74, 6) is -9.12. The summed E-state index contributed by atoms with van der Waals surface area (Å²) in [6.07, 6.45) is 17.2. The highest BCUT2D eigenvalue weighted by Gasteiger charge is 2.41. The predicted molar refractivity (Wildman–Crippen MR) is 376 cm³/mol. The zero-order valence-corrected chi connectivity index (χ0v) is 58.4. The molecule has 0 bridgehead atoms. The first-order valence-corrected chi connectivity index (χ1v) is 34.9. The molecule has 1 aliphatic heterocycles. The van der Waals surface area contributed by atoms with Gasteiger partial charge in [0.25, 0.3) is 0 Å². The Morgan fingerprint density at radius 3 is 1.46 bits per heavy atom. The summed E-state index contributed by atoms with van der Waals surface area (Å²) in [6, 6.07) is 8.20. The Morgan fingerprint density at radius 2 is 0.959 bits per heavy atom. The van der Waals surface area contributed by atoms with Crippen LogP contribution in [0, 0.1) is 16.7 Å². The van der Waals surface area contributed by atoms with Gasteiger partial charge in [-0.3, -0.25) is 68.9 Å². The maximum atomic E-state index is 14.9. The number of carbonyl (C=O) groups excluding carboxylic acids is 11. The number of nitrogens with zero attached hydrogens (tertiary/aromatic N) is 1. The maximum Gasteiger partial charge on any atom is 0.245 e. The largest absolute Gasteiger partial charge is 0.370 e. The molecule has 0 unspecified atom stereocenters. The summed E-state index contributed by atoms with van der Waals surface area (Å²) in [5.41, 5.74) is 21.4. The summed E-state index contributed by atoms with van der Waals surface area (Å²) < 4.78 is 0. The topological polar surface area (TPSA) is 475 Å². The number of rotatable bonds is 50. The minimum absolute atomic E-state index is 0.0317. The number of guanidine groups is 2. The molecular weight excluding hydrogens is 1260 g/mol. The Hall–Kier alpha value is -8.89. The Labute approximate surface area is 578 Å². The average Bonchev–Trinajstić information content (AvgIpc) is 1.37. The van der Waals surface area contributed by atoms with Crippen LogP contribution >= 0.6 is 0 Å². The molecule has 0 saturated carbocycles. The van der Waals surface area contributed by atoms with E-state index in [1.165, 1.54) is 89.4 Å². The highest BCUT2D eigenvalue weighted by Crippen LogP contribution is 2.22. The smallest absolute Gasteiger partial charge is 0.245 e. The zero-order valence-electron chi connectivity index (χ0n) is 58.4. The fourth-order valence-electron chi connectivity index (χ4n) is 11.4. The number of primary amides is 2. The van der Waals surface area contributed by atoms with Gasteiger partial charge in [0.05, 0.1) is 19.5 Å². The number of likely N-dealkylation sites (tertiary alicyclic amines) is 1. The fraction of sp³-hybridized carbons (Fsp3) is 0.638. The predicted octanol–water partition coefficient (Wildman–Crippen LogP) is 1.39. The van der Waals surface area contributed by atoms with E-state index in [1.54, 1.807) is 60.7 Å². The molecule has 1 heterocycles. The van der Waals surface area contributed by atoms with Gasteiger partial charge in [-0.05, 0) is 82.3 Å². The highest BCUT2D eigenvalue weighted by atomic mass is 16.2. The van der Waals surface area contributed by atoms with Crippen LogP contribution in [0.5, 0.6) is 0 Å². The molecule has 3 rings (SSSR count). The molecule has 0 spiro atoms. The maximum absolute atomic E-state index is 14.9. The van der Waals surface area contributed by atoms with Crippen molar-refractivity contribution in [1.82, 2.24) is 63.4 Å². The monoisotopic (exact) mass is 1370 g/mol. The molecule has 11 amide bonds. The van der Waals surface area contributed by atoms with Crippen LogP contribution in [-0.4, -0.2) is 169 Å². The van der Waals surface area contributed by atoms with E-state index in [4.69, 9.17) is 33.8 Å². The van der Waals surface area contributed by atoms with Crippen molar-refractivity contribution in [2.75, 3.05) is 39.3 Å². The van der Waals surface area contributed by atoms with Gasteiger partial charge in [0.1, 0.15) is 47.8 Å². The van der Waals surface area contributed by atoms with Crippen LogP contribution < -0.4 is 81.4 Å². The Bertz CT molecular complexity index is 2870. The third-order valence-corrected chi connectivity index (χ3v) is 16.7. The van der Waals surface area contributed by atoms with Crippen molar-refractivity contribution < 1.29 is 52.7 Å². The Balaban J connectivity index is 1.78. The number of nitrogens with one attached hydrogen (secondary N) is 13. The third kappa shape index (κ3) is 34.4. The lowest BCUT2D eigenvalue weighted by molar-refractivity contribution is -0.142. The SMILES string of the molecule is CCCCCCCCCCCCCCCCNC(=O)CNCC(=O)NC(C)(C)C(=O)N[C@@H](Cc1ccccc1)C(=O)N[C@@H](CC(C)C)C(=O)N[C@@H](Cc1ccccc1)C(=O)N[C@@H](CCCNC(=N)N)C(=O)N1CCC[C@H]1C(=O)N[C@@H](CCCNC(=N)N)C(=O)N[C@@H](CC(N)=O)C(N)=O. The average molecular weight is 1370 g/mol. The number of carbonyl (C=O) groups is 11. The van der Waals surface area contributed by atoms with Crippen LogP contribution in [0.15, 0.2) is 60.7 Å². The van der Waals surface area contributed by atoms with Crippen LogP contribution in [0.2, 0.25) is 0 Å². The molecule has 0 radical (unpaired) electrons. The third-order valence-electron chi connectivity index (χ3n) is 16.7. The van der Waals surface area contributed by atoms with Gasteiger partial charge in [-0.1, -0.05) is 165 Å². The molecule has 546 valence electrons. The molecule has 1 fully saturated rings. The van der Waals surface area contributed by atoms with E-state index < -0.39 is 113 Å². The van der Waals surface area contributed by atoms with Crippen LogP contribution in [-0.2, 0) is 65.6 Å². The first-order valence-electron chi connectivity index (χ1n) is 34.9. The molecule has 29 heteroatoms. The standard InChI is InChI=1S/C69H114N18O11/c1-6-7-8-9-10-11-12-13-14-15-16-17-18-25-36-77-57(89)44-76-45-58(90)86-69(4,5)66(98)85-54(42-48-31-23-20-24-32-48)63(95)83-52(40-46(2)3)61(93)84-53(41-47-29-21-19-22-30-47)62(94)81-50(34-27-38-79-68(74)75)65(97)87-39-28-35-55(87)64(96)80-49(33-26-37-78-67(72)73)60(92)82-51(59(71)91)43-56(70)88/h19-24,29-32,46,49-55,76H,6-18,25-28,33-45H2,1-5H3,(H2,70,88)(H2,71,91)(H,77,89)(H,80,96)(H,81,94)(H,82,92)(H,83,95)(H,84,93)(H,85,98)(H,86,90)(H4,72,73,78)(H4,74,75,79)/t49-,50-,51-,52-,53-,54-,55-/m0/s1. The normalized spacial score (nSPS) is 14.6. The number of amides is 11. The molecule has 21 N–H and O–H groups in total. The molecule has 0 aliphatic carbocycles. The van der Waals surface area contributed by atoms with Crippen molar-refractivity contribution >= 4 is 76.9 Å². The lowest BCUT2D eigenvalue weighted by Crippen LogP contribution is -2.62. The summed E-state index contributed by atoms with van der Waals surface area (Å²) in [7, 11) is 0. The lowest BCUT2D eigenvalue weighted by Gasteiger charge is -2.31. The number of hydrogen-bond acceptors (Lipinski definition) is 14. The van der Waals surface area contributed by atoms with E-state index in [-0.39, 0.29) is 108 Å². The first kappa shape index (κ1) is 83.3. The molecule has 0 aromatic heterocycles. The molecule has 29 nitrogen and oxygen atoms in total. The molecule has 1 saturated heterocycles. The van der Waals surface area contributed by atoms with Gasteiger partial charge >= 0.3 is 0 Å². The van der Waals surface area contributed by atoms with Crippen molar-refractivity contribution in [1.29, 1.82) is 10.8 Å². The van der Waals surface area contributed by atoms with Crippen LogP contribution in [0.25, 0.3) is 0 Å². The second kappa shape index (κ2) is 46.3. The molecule has 2 aromatic rings. The van der Waals surface area contributed by atoms with Gasteiger partial charge in [0, 0.05) is 39.0 Å². The van der Waals surface area contributed by atoms with E-state index in [0.717, 1.165) is 19.3 Å². The van der Waals surface area contributed by atoms with Gasteiger partial charge in [-0.2, -0.15) is 0 Å². The Morgan fingerprint density at radius 1 is 0.520 bits per heavy atom. The highest BCUT2D eigenvalue weighted by molar-refractivity contribution is 5.99. The Kier molecular flexibility index (Phi) is 39.4. The number of benzene rings is 2. The summed E-state index contributed by atoms with van der Waals surface area (Å²) in [6.45, 7) is 9.23. The van der Waals surface area contributed by atoms with Crippen molar-refractivity contribution in [3.63, 3.8) is 0 Å². The molecule has 7 atom stereocenters. The van der Waals surface area contributed by atoms with E-state index >= 15 is 0 Å². The van der Waals surface area contributed by atoms with Gasteiger partial charge in [0.2, 0.25) is 65.0 Å². The quantitative estimate of drug-likeness (QED) is 0.0253. The minimum atomic E-state index is -1.58. The number of unbranched alkanes of at least 4 members (excludes halogenated alkanes) is 13. The number of nitrogens with two attached hydrogens (primary N) is 4. The minimum Gasteiger partial charge on any atom is -0.370 e. The molecule has 98 heavy (non-hydrogen) atoms. The zero-order chi connectivity index (χ0) is 72.4. The molecule has 1 aliphatic rings. The van der Waals surface area contributed by atoms with Gasteiger partial charge in [0.15, 0.2) is 11.9 Å².